The van der Waals surface area contributed by atoms with Gasteiger partial charge < -0.3 is 14.4 Å². The number of hydrogen-bond donors (Lipinski definition) is 0. The molecule has 8 heteroatoms. The van der Waals surface area contributed by atoms with Crippen LogP contribution in [0.4, 0.5) is 8.78 Å². The van der Waals surface area contributed by atoms with Crippen LogP contribution in [0.1, 0.15) is 38.2 Å². The van der Waals surface area contributed by atoms with Crippen LogP contribution < -0.4 is 9.47 Å². The Balaban J connectivity index is 1.88. The SMILES string of the molecule is [2H]c1nc(C([2H])([2H])N2C(=O)c3cc(-c4c([2H])c([2H])c(OC(C)(F)F)c([2H])c4[2H])ccc3OCC2([2H])[2H])nc([2H])c1[2H]. The molecule has 154 valence electrons. The average molecular weight is 422 g/mol. The summed E-state index contributed by atoms with van der Waals surface area (Å²) in [5.74, 6) is -3.50. The van der Waals surface area contributed by atoms with Crippen molar-refractivity contribution in [2.75, 3.05) is 13.1 Å². The fourth-order valence-corrected chi connectivity index (χ4v) is 2.47. The largest absolute Gasteiger partial charge is 0.491 e. The van der Waals surface area contributed by atoms with Gasteiger partial charge >= 0.3 is 6.11 Å². The van der Waals surface area contributed by atoms with Crippen LogP contribution >= 0.6 is 0 Å². The number of alkyl halides is 2. The molecule has 0 atom stereocenters. The maximum Gasteiger partial charge on any atom is 0.394 e. The molecule has 6 nitrogen and oxygen atoms in total. The van der Waals surface area contributed by atoms with E-state index in [2.05, 4.69) is 14.7 Å². The predicted molar refractivity (Wildman–Crippen MR) is 105 cm³/mol. The third kappa shape index (κ3) is 4.53. The number of benzene rings is 2. The van der Waals surface area contributed by atoms with Crippen molar-refractivity contribution in [3.63, 3.8) is 0 Å². The number of hydrogen-bond acceptors (Lipinski definition) is 5. The van der Waals surface area contributed by atoms with E-state index in [0.29, 0.717) is 6.92 Å². The van der Waals surface area contributed by atoms with Crippen LogP contribution in [0.2, 0.25) is 0 Å². The van der Waals surface area contributed by atoms with Crippen LogP contribution in [0.15, 0.2) is 60.8 Å². The van der Waals surface area contributed by atoms with E-state index < -0.39 is 96.9 Å². The summed E-state index contributed by atoms with van der Waals surface area (Å²) in [6.07, 6.45) is -5.47. The average Bonchev–Trinajstić information content (AvgIpc) is 2.96. The van der Waals surface area contributed by atoms with Gasteiger partial charge in [-0.05, 0) is 41.4 Å². The Bertz CT molecular complexity index is 1530. The molecule has 0 spiro atoms. The molecule has 1 aliphatic rings. The van der Waals surface area contributed by atoms with E-state index in [9.17, 15) is 13.6 Å². The van der Waals surface area contributed by atoms with Crippen molar-refractivity contribution >= 4 is 5.91 Å². The molecule has 0 saturated heterocycles. The van der Waals surface area contributed by atoms with Gasteiger partial charge in [0, 0.05) is 19.3 Å². The summed E-state index contributed by atoms with van der Waals surface area (Å²) >= 11 is 0. The molecule has 30 heavy (non-hydrogen) atoms. The van der Waals surface area contributed by atoms with Gasteiger partial charge in [-0.3, -0.25) is 4.79 Å². The summed E-state index contributed by atoms with van der Waals surface area (Å²) in [7, 11) is 0. The van der Waals surface area contributed by atoms with Gasteiger partial charge in [-0.1, -0.05) is 18.2 Å². The van der Waals surface area contributed by atoms with Crippen LogP contribution in [-0.4, -0.2) is 40.0 Å². The number of carbonyl (C=O) groups excluding carboxylic acids is 1. The highest BCUT2D eigenvalue weighted by molar-refractivity contribution is 5.98. The molecule has 2 heterocycles. The van der Waals surface area contributed by atoms with Gasteiger partial charge in [0.2, 0.25) is 0 Å². The van der Waals surface area contributed by atoms with E-state index in [4.69, 9.17) is 19.8 Å². The van der Waals surface area contributed by atoms with Crippen LogP contribution in [0.3, 0.4) is 0 Å². The Morgan fingerprint density at radius 1 is 1.27 bits per heavy atom. The quantitative estimate of drug-likeness (QED) is 0.618. The first-order valence-corrected chi connectivity index (χ1v) is 8.39. The molecule has 0 fully saturated rings. The third-order valence-electron chi connectivity index (χ3n) is 3.68. The summed E-state index contributed by atoms with van der Waals surface area (Å²) in [6.45, 7) is -6.58. The number of carbonyl (C=O) groups is 1. The third-order valence-corrected chi connectivity index (χ3v) is 3.68. The van der Waals surface area contributed by atoms with Gasteiger partial charge in [-0.2, -0.15) is 8.78 Å². The number of fused-ring (bicyclic) bond motifs is 1. The number of halogens is 2. The van der Waals surface area contributed by atoms with Gasteiger partial charge in [0.15, 0.2) is 0 Å². The molecule has 0 bridgehead atoms. The number of aromatic nitrogens is 2. The van der Waals surface area contributed by atoms with Crippen molar-refractivity contribution in [2.45, 2.75) is 19.5 Å². The molecule has 1 aromatic heterocycles. The van der Waals surface area contributed by atoms with E-state index in [-0.39, 0.29) is 16.2 Å². The molecule has 0 aliphatic carbocycles. The second-order valence-corrected chi connectivity index (χ2v) is 5.92. The number of rotatable bonds is 5. The van der Waals surface area contributed by atoms with Crippen LogP contribution in [0.5, 0.6) is 11.5 Å². The molecular weight excluding hydrogens is 392 g/mol. The normalized spacial score (nSPS) is 21.4. The highest BCUT2D eigenvalue weighted by atomic mass is 19.3. The number of ether oxygens (including phenoxy) is 2. The molecule has 1 amide bonds. The van der Waals surface area contributed by atoms with E-state index in [0.717, 1.165) is 12.1 Å². The van der Waals surface area contributed by atoms with E-state index in [1.165, 1.54) is 6.07 Å². The molecule has 3 aromatic rings. The molecule has 0 N–H and O–H groups in total. The Morgan fingerprint density at radius 2 is 2.00 bits per heavy atom. The molecule has 2 aromatic carbocycles. The van der Waals surface area contributed by atoms with E-state index in [1.54, 1.807) is 0 Å². The fourth-order valence-electron chi connectivity index (χ4n) is 2.47. The Morgan fingerprint density at radius 3 is 2.70 bits per heavy atom. The van der Waals surface area contributed by atoms with Gasteiger partial charge in [0.1, 0.15) is 23.9 Å². The van der Waals surface area contributed by atoms with Crippen LogP contribution in [0.25, 0.3) is 11.1 Å². The van der Waals surface area contributed by atoms with E-state index in [1.807, 2.05) is 0 Å². The second kappa shape index (κ2) is 8.06. The van der Waals surface area contributed by atoms with E-state index >= 15 is 0 Å². The van der Waals surface area contributed by atoms with Crippen molar-refractivity contribution in [3.05, 3.63) is 72.1 Å². The predicted octanol–water partition coefficient (Wildman–Crippen LogP) is 4.17. The first-order chi connectivity index (χ1) is 18.8. The Hall–Kier alpha value is -3.55. The molecule has 0 radical (unpaired) electrons. The van der Waals surface area contributed by atoms with Crippen LogP contribution in [0, 0.1) is 0 Å². The van der Waals surface area contributed by atoms with Crippen molar-refractivity contribution in [3.8, 4) is 22.6 Å². The number of amides is 1. The lowest BCUT2D eigenvalue weighted by Gasteiger charge is -2.19. The molecule has 0 saturated carbocycles. The van der Waals surface area contributed by atoms with Crippen molar-refractivity contribution in [2.24, 2.45) is 0 Å². The van der Waals surface area contributed by atoms with Crippen molar-refractivity contribution < 1.29 is 38.1 Å². The lowest BCUT2D eigenvalue weighted by atomic mass is 10.0. The number of nitrogens with zero attached hydrogens (tertiary/aromatic N) is 3. The zero-order valence-electron chi connectivity index (χ0n) is 26.3. The van der Waals surface area contributed by atoms with Gasteiger partial charge in [-0.15, -0.1) is 0 Å². The van der Waals surface area contributed by atoms with Gasteiger partial charge in [0.25, 0.3) is 5.91 Å². The topological polar surface area (TPSA) is 64.6 Å². The molecule has 0 unspecified atom stereocenters. The zero-order valence-corrected chi connectivity index (χ0v) is 15.3. The monoisotopic (exact) mass is 422 g/mol. The smallest absolute Gasteiger partial charge is 0.394 e. The maximum absolute atomic E-state index is 13.7. The molecule has 1 aliphatic heterocycles. The lowest BCUT2D eigenvalue weighted by molar-refractivity contribution is -0.158. The van der Waals surface area contributed by atoms with Crippen molar-refractivity contribution in [1.29, 1.82) is 0 Å². The Kier molecular flexibility index (Phi) is 2.81. The highest BCUT2D eigenvalue weighted by Crippen LogP contribution is 2.31. The molecule has 4 rings (SSSR count). The zero-order chi connectivity index (χ0) is 30.8. The lowest BCUT2D eigenvalue weighted by Crippen LogP contribution is -2.32. The maximum atomic E-state index is 13.7. The first-order valence-electron chi connectivity index (χ1n) is 13.9. The highest BCUT2D eigenvalue weighted by Gasteiger charge is 2.25. The standard InChI is InChI=1S/C22H19F2N3O3/c1-22(23,24)30-17-6-3-15(4-7-17)16-5-8-19-18(13-16)21(28)27(11-12-29-19)14-20-25-9-2-10-26-20/h2-10,13H,11-12,14H2,1H3/i2D,3D,4D,6D,7D,9D,10D,11D2,14D2. The summed E-state index contributed by atoms with van der Waals surface area (Å²) in [5, 5.41) is 0. The van der Waals surface area contributed by atoms with Crippen molar-refractivity contribution in [1.82, 2.24) is 14.9 Å². The second-order valence-electron chi connectivity index (χ2n) is 5.92. The minimum atomic E-state index is -3.81. The summed E-state index contributed by atoms with van der Waals surface area (Å²) in [5.41, 5.74) is -1.04. The summed E-state index contributed by atoms with van der Waals surface area (Å²) in [4.78, 5) is 20.9. The Labute approximate surface area is 187 Å². The minimum Gasteiger partial charge on any atom is -0.491 e. The molecular formula is C22H19F2N3O3. The summed E-state index contributed by atoms with van der Waals surface area (Å²) < 4.78 is 126. The van der Waals surface area contributed by atoms with Gasteiger partial charge in [0.05, 0.1) is 33.6 Å². The minimum absolute atomic E-state index is 0.1000. The fraction of sp³-hybridized carbons (Fsp3) is 0.227. The van der Waals surface area contributed by atoms with Gasteiger partial charge in [-0.25, -0.2) is 9.97 Å². The summed E-state index contributed by atoms with van der Waals surface area (Å²) in [6, 6.07) is -0.769. The first kappa shape index (κ1) is 10.5. The van der Waals surface area contributed by atoms with Crippen LogP contribution in [-0.2, 0) is 6.50 Å².